The highest BCUT2D eigenvalue weighted by molar-refractivity contribution is 7.80. The lowest BCUT2D eigenvalue weighted by Crippen LogP contribution is -2.29. The Balaban J connectivity index is 2.08. The van der Waals surface area contributed by atoms with Crippen LogP contribution < -0.4 is 10.6 Å². The quantitative estimate of drug-likeness (QED) is 0.498. The molecular weight excluding hydrogens is 304 g/mol. The van der Waals surface area contributed by atoms with Crippen molar-refractivity contribution in [3.05, 3.63) is 29.1 Å². The minimum Gasteiger partial charge on any atom is -0.465 e. The van der Waals surface area contributed by atoms with Crippen molar-refractivity contribution in [1.82, 2.24) is 5.32 Å². The predicted octanol–water partition coefficient (Wildman–Crippen LogP) is 3.77. The van der Waals surface area contributed by atoms with Crippen LogP contribution in [0.1, 0.15) is 29.4 Å². The molecule has 21 heavy (non-hydrogen) atoms. The summed E-state index contributed by atoms with van der Waals surface area (Å²) in [6.07, 6.45) is 2.22. The van der Waals surface area contributed by atoms with E-state index in [-0.39, 0.29) is 5.97 Å². The number of ether oxygens (including phenoxy) is 1. The van der Waals surface area contributed by atoms with Crippen LogP contribution in [0.4, 0.5) is 5.69 Å². The van der Waals surface area contributed by atoms with E-state index in [9.17, 15) is 4.79 Å². The Bertz CT molecular complexity index is 652. The van der Waals surface area contributed by atoms with Gasteiger partial charge in [-0.15, -0.1) is 11.3 Å². The maximum absolute atomic E-state index is 11.5. The van der Waals surface area contributed by atoms with Crippen molar-refractivity contribution in [2.24, 2.45) is 0 Å². The van der Waals surface area contributed by atoms with Crippen LogP contribution in [0.2, 0.25) is 0 Å². The van der Waals surface area contributed by atoms with Gasteiger partial charge < -0.3 is 15.4 Å². The van der Waals surface area contributed by atoms with Crippen LogP contribution in [-0.4, -0.2) is 24.7 Å². The van der Waals surface area contributed by atoms with Gasteiger partial charge in [-0.25, -0.2) is 4.79 Å². The van der Waals surface area contributed by atoms with Crippen molar-refractivity contribution in [1.29, 1.82) is 0 Å². The summed E-state index contributed by atoms with van der Waals surface area (Å²) in [7, 11) is 1.39. The molecule has 112 valence electrons. The van der Waals surface area contributed by atoms with Crippen LogP contribution in [0, 0.1) is 0 Å². The molecule has 0 saturated carbocycles. The molecule has 0 fully saturated rings. The van der Waals surface area contributed by atoms with Gasteiger partial charge in [-0.2, -0.15) is 0 Å². The standard InChI is InChI=1S/C15H18N2O2S2/c1-3-4-7-16-15(20)17-11-5-6-12-10(8-11)9-13(21-12)14(18)19-2/h5-6,8-9H,3-4,7H2,1-2H3,(H2,16,17,20). The van der Waals surface area contributed by atoms with E-state index in [1.807, 2.05) is 24.3 Å². The molecule has 2 aromatic rings. The summed E-state index contributed by atoms with van der Waals surface area (Å²) in [5, 5.41) is 7.93. The van der Waals surface area contributed by atoms with Crippen LogP contribution in [0.15, 0.2) is 24.3 Å². The second-order valence-corrected chi connectivity index (χ2v) is 6.08. The number of thiophene rings is 1. The van der Waals surface area contributed by atoms with Gasteiger partial charge in [0.2, 0.25) is 0 Å². The predicted molar refractivity (Wildman–Crippen MR) is 92.3 cm³/mol. The molecule has 0 radical (unpaired) electrons. The van der Waals surface area contributed by atoms with Crippen LogP contribution in [0.5, 0.6) is 0 Å². The molecule has 0 amide bonds. The van der Waals surface area contributed by atoms with E-state index in [2.05, 4.69) is 17.6 Å². The molecule has 0 unspecified atom stereocenters. The molecule has 0 aliphatic heterocycles. The Hall–Kier alpha value is -1.66. The largest absolute Gasteiger partial charge is 0.465 e. The zero-order valence-electron chi connectivity index (χ0n) is 12.1. The van der Waals surface area contributed by atoms with E-state index < -0.39 is 0 Å². The lowest BCUT2D eigenvalue weighted by atomic mass is 10.2. The van der Waals surface area contributed by atoms with Crippen molar-refractivity contribution < 1.29 is 9.53 Å². The first-order chi connectivity index (χ1) is 10.1. The van der Waals surface area contributed by atoms with E-state index in [1.165, 1.54) is 18.4 Å². The summed E-state index contributed by atoms with van der Waals surface area (Å²) in [5.41, 5.74) is 0.908. The normalized spacial score (nSPS) is 10.4. The molecule has 0 aliphatic carbocycles. The molecule has 1 heterocycles. The highest BCUT2D eigenvalue weighted by atomic mass is 32.1. The Morgan fingerprint density at radius 2 is 2.19 bits per heavy atom. The summed E-state index contributed by atoms with van der Waals surface area (Å²) in [6.45, 7) is 3.01. The maximum atomic E-state index is 11.5. The summed E-state index contributed by atoms with van der Waals surface area (Å²) in [6, 6.07) is 7.74. The van der Waals surface area contributed by atoms with Crippen LogP contribution >= 0.6 is 23.6 Å². The molecule has 0 atom stereocenters. The van der Waals surface area contributed by atoms with Gasteiger partial charge in [0, 0.05) is 16.9 Å². The van der Waals surface area contributed by atoms with Gasteiger partial charge in [-0.3, -0.25) is 0 Å². The molecule has 1 aromatic carbocycles. The Kier molecular flexibility index (Phi) is 5.52. The average Bonchev–Trinajstić information content (AvgIpc) is 2.90. The number of anilines is 1. The first-order valence-electron chi connectivity index (χ1n) is 6.80. The average molecular weight is 322 g/mol. The van der Waals surface area contributed by atoms with E-state index >= 15 is 0 Å². The van der Waals surface area contributed by atoms with Crippen molar-refractivity contribution in [3.8, 4) is 0 Å². The highest BCUT2D eigenvalue weighted by Gasteiger charge is 2.10. The minimum absolute atomic E-state index is 0.303. The number of esters is 1. The van der Waals surface area contributed by atoms with Crippen molar-refractivity contribution in [2.45, 2.75) is 19.8 Å². The number of hydrogen-bond acceptors (Lipinski definition) is 4. The fraction of sp³-hybridized carbons (Fsp3) is 0.333. The van der Waals surface area contributed by atoms with Crippen LogP contribution in [-0.2, 0) is 4.74 Å². The number of nitrogens with one attached hydrogen (secondary N) is 2. The first kappa shape index (κ1) is 15.7. The maximum Gasteiger partial charge on any atom is 0.348 e. The van der Waals surface area contributed by atoms with Gasteiger partial charge in [-0.1, -0.05) is 13.3 Å². The Labute approximate surface area is 133 Å². The summed E-state index contributed by atoms with van der Waals surface area (Å²) >= 11 is 6.67. The number of rotatable bonds is 5. The number of fused-ring (bicyclic) bond motifs is 1. The Morgan fingerprint density at radius 3 is 2.90 bits per heavy atom. The van der Waals surface area contributed by atoms with Gasteiger partial charge in [0.05, 0.1) is 7.11 Å². The number of hydrogen-bond donors (Lipinski definition) is 2. The van der Waals surface area contributed by atoms with E-state index in [0.717, 1.165) is 35.2 Å². The fourth-order valence-electron chi connectivity index (χ4n) is 1.88. The molecule has 1 aromatic heterocycles. The van der Waals surface area contributed by atoms with Gasteiger partial charge >= 0.3 is 5.97 Å². The third-order valence-corrected chi connectivity index (χ3v) is 4.32. The van der Waals surface area contributed by atoms with Gasteiger partial charge in [0.1, 0.15) is 4.88 Å². The molecule has 0 spiro atoms. The lowest BCUT2D eigenvalue weighted by Gasteiger charge is -2.10. The second-order valence-electron chi connectivity index (χ2n) is 4.59. The van der Waals surface area contributed by atoms with Gasteiger partial charge in [-0.05, 0) is 48.3 Å². The topological polar surface area (TPSA) is 50.4 Å². The summed E-state index contributed by atoms with van der Waals surface area (Å²) < 4.78 is 5.79. The molecule has 6 heteroatoms. The molecular formula is C15H18N2O2S2. The first-order valence-corrected chi connectivity index (χ1v) is 8.03. The number of carbonyl (C=O) groups excluding carboxylic acids is 1. The summed E-state index contributed by atoms with van der Waals surface area (Å²) in [5.74, 6) is -0.303. The van der Waals surface area contributed by atoms with Crippen molar-refractivity contribution in [3.63, 3.8) is 0 Å². The van der Waals surface area contributed by atoms with Gasteiger partial charge in [0.25, 0.3) is 0 Å². The van der Waals surface area contributed by atoms with Crippen LogP contribution in [0.25, 0.3) is 10.1 Å². The molecule has 2 N–H and O–H groups in total. The fourth-order valence-corrected chi connectivity index (χ4v) is 3.06. The third-order valence-electron chi connectivity index (χ3n) is 2.98. The number of benzene rings is 1. The Morgan fingerprint density at radius 1 is 1.38 bits per heavy atom. The molecule has 0 bridgehead atoms. The van der Waals surface area contributed by atoms with E-state index in [0.29, 0.717) is 9.99 Å². The number of thiocarbonyl (C=S) groups is 1. The minimum atomic E-state index is -0.303. The third kappa shape index (κ3) is 4.15. The molecule has 0 aliphatic rings. The second kappa shape index (κ2) is 7.38. The summed E-state index contributed by atoms with van der Waals surface area (Å²) in [4.78, 5) is 12.1. The highest BCUT2D eigenvalue weighted by Crippen LogP contribution is 2.28. The number of methoxy groups -OCH3 is 1. The zero-order valence-corrected chi connectivity index (χ0v) is 13.7. The SMILES string of the molecule is CCCCNC(=S)Nc1ccc2sc(C(=O)OC)cc2c1. The van der Waals surface area contributed by atoms with Gasteiger partial charge in [0.15, 0.2) is 5.11 Å². The zero-order chi connectivity index (χ0) is 15.2. The number of unbranched alkanes of at least 4 members (excludes halogenated alkanes) is 1. The number of carbonyl (C=O) groups is 1. The van der Waals surface area contributed by atoms with E-state index in [4.69, 9.17) is 17.0 Å². The van der Waals surface area contributed by atoms with Crippen molar-refractivity contribution >= 4 is 50.4 Å². The lowest BCUT2D eigenvalue weighted by molar-refractivity contribution is 0.0606. The molecule has 0 saturated heterocycles. The van der Waals surface area contributed by atoms with Crippen molar-refractivity contribution in [2.75, 3.05) is 19.0 Å². The smallest absolute Gasteiger partial charge is 0.348 e. The molecule has 4 nitrogen and oxygen atoms in total. The van der Waals surface area contributed by atoms with Crippen LogP contribution in [0.3, 0.4) is 0 Å². The monoisotopic (exact) mass is 322 g/mol. The van der Waals surface area contributed by atoms with E-state index in [1.54, 1.807) is 0 Å². The molecule has 2 rings (SSSR count).